The predicted molar refractivity (Wildman–Crippen MR) is 79.0 cm³/mol. The molecule has 6 nitrogen and oxygen atoms in total. The summed E-state index contributed by atoms with van der Waals surface area (Å²) in [6, 6.07) is 3.17. The number of amides is 1. The molecular weight excluding hydrogens is 302 g/mol. The van der Waals surface area contributed by atoms with E-state index in [-0.39, 0.29) is 15.6 Å². The van der Waals surface area contributed by atoms with Crippen LogP contribution >= 0.6 is 11.6 Å². The third kappa shape index (κ3) is 4.75. The summed E-state index contributed by atoms with van der Waals surface area (Å²) in [4.78, 5) is 11.7. The number of sulfonamides is 1. The Kier molecular flexibility index (Phi) is 5.94. The van der Waals surface area contributed by atoms with E-state index in [1.165, 1.54) is 18.2 Å². The Morgan fingerprint density at radius 1 is 1.45 bits per heavy atom. The molecule has 1 amide bonds. The predicted octanol–water partition coefficient (Wildman–Crippen LogP) is 1.44. The van der Waals surface area contributed by atoms with Crippen molar-refractivity contribution in [1.29, 1.82) is 0 Å². The van der Waals surface area contributed by atoms with Crippen molar-refractivity contribution in [3.05, 3.63) is 23.2 Å². The second kappa shape index (κ2) is 7.03. The monoisotopic (exact) mass is 319 g/mol. The van der Waals surface area contributed by atoms with Gasteiger partial charge in [-0.05, 0) is 24.6 Å². The summed E-state index contributed by atoms with van der Waals surface area (Å²) in [6.07, 6.45) is 2.32. The number of unbranched alkanes of at least 4 members (excludes halogenated alkanes) is 1. The minimum absolute atomic E-state index is 0.126. The average molecular weight is 320 g/mol. The number of primary sulfonamides is 1. The van der Waals surface area contributed by atoms with E-state index in [0.29, 0.717) is 6.42 Å². The van der Waals surface area contributed by atoms with Crippen molar-refractivity contribution in [2.75, 3.05) is 5.32 Å². The first-order chi connectivity index (χ1) is 9.25. The maximum atomic E-state index is 11.9. The average Bonchev–Trinajstić information content (AvgIpc) is 2.37. The van der Waals surface area contributed by atoms with Crippen LogP contribution in [0.4, 0.5) is 5.69 Å². The number of nitrogens with two attached hydrogens (primary N) is 2. The van der Waals surface area contributed by atoms with Gasteiger partial charge in [0.15, 0.2) is 0 Å². The molecular formula is C12H18ClN3O3S. The van der Waals surface area contributed by atoms with Gasteiger partial charge in [-0.2, -0.15) is 0 Å². The van der Waals surface area contributed by atoms with Gasteiger partial charge in [0.25, 0.3) is 0 Å². The Morgan fingerprint density at radius 3 is 2.65 bits per heavy atom. The van der Waals surface area contributed by atoms with Crippen LogP contribution in [0.3, 0.4) is 0 Å². The zero-order chi connectivity index (χ0) is 15.3. The van der Waals surface area contributed by atoms with Crippen LogP contribution in [0.2, 0.25) is 5.02 Å². The van der Waals surface area contributed by atoms with E-state index < -0.39 is 22.0 Å². The molecule has 0 unspecified atom stereocenters. The van der Waals surface area contributed by atoms with Crippen molar-refractivity contribution < 1.29 is 13.2 Å². The van der Waals surface area contributed by atoms with E-state index >= 15 is 0 Å². The molecule has 1 rings (SSSR count). The highest BCUT2D eigenvalue weighted by atomic mass is 35.5. The van der Waals surface area contributed by atoms with Crippen LogP contribution < -0.4 is 16.2 Å². The van der Waals surface area contributed by atoms with Gasteiger partial charge >= 0.3 is 0 Å². The zero-order valence-electron chi connectivity index (χ0n) is 11.1. The molecule has 0 radical (unpaired) electrons. The van der Waals surface area contributed by atoms with Gasteiger partial charge in [-0.1, -0.05) is 31.4 Å². The Bertz CT molecular complexity index is 590. The second-order valence-electron chi connectivity index (χ2n) is 4.42. The van der Waals surface area contributed by atoms with Crippen LogP contribution in [0.1, 0.15) is 26.2 Å². The van der Waals surface area contributed by atoms with Gasteiger partial charge in [0.2, 0.25) is 15.9 Å². The lowest BCUT2D eigenvalue weighted by molar-refractivity contribution is -0.117. The molecule has 0 saturated heterocycles. The Hall–Kier alpha value is -1.15. The van der Waals surface area contributed by atoms with Gasteiger partial charge in [-0.25, -0.2) is 13.6 Å². The van der Waals surface area contributed by atoms with Crippen molar-refractivity contribution in [2.45, 2.75) is 37.1 Å². The van der Waals surface area contributed by atoms with Gasteiger partial charge in [0.1, 0.15) is 0 Å². The third-order valence-corrected chi connectivity index (χ3v) is 3.97. The topological polar surface area (TPSA) is 115 Å². The standard InChI is InChI=1S/C12H18ClN3O3S/c1-2-3-4-10(14)12(17)16-11-7-8(20(15,18)19)5-6-9(11)13/h5-7,10H,2-4,14H2,1H3,(H,16,17)(H2,15,18,19)/t10-/m0/s1. The van der Waals surface area contributed by atoms with Gasteiger partial charge in [0.05, 0.1) is 21.6 Å². The number of anilines is 1. The second-order valence-corrected chi connectivity index (χ2v) is 6.39. The Morgan fingerprint density at radius 2 is 2.10 bits per heavy atom. The number of carbonyl (C=O) groups is 1. The summed E-state index contributed by atoms with van der Waals surface area (Å²) in [5.41, 5.74) is 5.90. The molecule has 1 atom stereocenters. The van der Waals surface area contributed by atoms with Crippen LogP contribution in [0.15, 0.2) is 23.1 Å². The summed E-state index contributed by atoms with van der Waals surface area (Å²) in [6.45, 7) is 2.00. The molecule has 1 aromatic carbocycles. The Labute approximate surface area is 123 Å². The van der Waals surface area contributed by atoms with Crippen LogP contribution in [-0.2, 0) is 14.8 Å². The van der Waals surface area contributed by atoms with E-state index in [1.807, 2.05) is 6.92 Å². The number of carbonyl (C=O) groups excluding carboxylic acids is 1. The van der Waals surface area contributed by atoms with Crippen molar-refractivity contribution >= 4 is 33.2 Å². The first kappa shape index (κ1) is 16.9. The van der Waals surface area contributed by atoms with Crippen molar-refractivity contribution in [1.82, 2.24) is 0 Å². The van der Waals surface area contributed by atoms with E-state index in [0.717, 1.165) is 12.8 Å². The fourth-order valence-corrected chi connectivity index (χ4v) is 2.26. The lowest BCUT2D eigenvalue weighted by Gasteiger charge is -2.13. The zero-order valence-corrected chi connectivity index (χ0v) is 12.7. The lowest BCUT2D eigenvalue weighted by Crippen LogP contribution is -2.35. The van der Waals surface area contributed by atoms with Gasteiger partial charge in [0, 0.05) is 0 Å². The summed E-state index contributed by atoms with van der Waals surface area (Å²) in [5.74, 6) is -0.410. The molecule has 0 bridgehead atoms. The minimum atomic E-state index is -3.85. The van der Waals surface area contributed by atoms with Crippen LogP contribution in [0.25, 0.3) is 0 Å². The number of hydrogen-bond acceptors (Lipinski definition) is 4. The highest BCUT2D eigenvalue weighted by Gasteiger charge is 2.16. The van der Waals surface area contributed by atoms with Gasteiger partial charge < -0.3 is 11.1 Å². The van der Waals surface area contributed by atoms with E-state index in [9.17, 15) is 13.2 Å². The molecule has 0 spiro atoms. The first-order valence-corrected chi connectivity index (χ1v) is 8.07. The molecule has 0 aliphatic heterocycles. The van der Waals surface area contributed by atoms with Crippen molar-refractivity contribution in [3.8, 4) is 0 Å². The maximum absolute atomic E-state index is 11.9. The maximum Gasteiger partial charge on any atom is 0.241 e. The van der Waals surface area contributed by atoms with E-state index in [1.54, 1.807) is 0 Å². The molecule has 1 aromatic rings. The number of benzene rings is 1. The molecule has 20 heavy (non-hydrogen) atoms. The molecule has 8 heteroatoms. The lowest BCUT2D eigenvalue weighted by atomic mass is 10.1. The number of rotatable bonds is 6. The summed E-state index contributed by atoms with van der Waals surface area (Å²) < 4.78 is 22.5. The SMILES string of the molecule is CCCC[C@H](N)C(=O)Nc1cc(S(N)(=O)=O)ccc1Cl. The summed E-state index contributed by atoms with van der Waals surface area (Å²) in [5, 5.41) is 7.76. The molecule has 0 aromatic heterocycles. The van der Waals surface area contributed by atoms with Crippen molar-refractivity contribution in [3.63, 3.8) is 0 Å². The molecule has 0 fully saturated rings. The largest absolute Gasteiger partial charge is 0.323 e. The fourth-order valence-electron chi connectivity index (χ4n) is 1.56. The molecule has 0 aliphatic carbocycles. The number of hydrogen-bond donors (Lipinski definition) is 3. The van der Waals surface area contributed by atoms with Crippen LogP contribution in [0, 0.1) is 0 Å². The fraction of sp³-hybridized carbons (Fsp3) is 0.417. The molecule has 0 heterocycles. The summed E-state index contributed by atoms with van der Waals surface area (Å²) in [7, 11) is -3.85. The van der Waals surface area contributed by atoms with E-state index in [2.05, 4.69) is 5.32 Å². The van der Waals surface area contributed by atoms with Gasteiger partial charge in [-0.15, -0.1) is 0 Å². The quantitative estimate of drug-likeness (QED) is 0.735. The van der Waals surface area contributed by atoms with E-state index in [4.69, 9.17) is 22.5 Å². The minimum Gasteiger partial charge on any atom is -0.323 e. The number of nitrogens with one attached hydrogen (secondary N) is 1. The highest BCUT2D eigenvalue weighted by molar-refractivity contribution is 7.89. The molecule has 112 valence electrons. The summed E-state index contributed by atoms with van der Waals surface area (Å²) >= 11 is 5.91. The van der Waals surface area contributed by atoms with Crippen molar-refractivity contribution in [2.24, 2.45) is 10.9 Å². The normalized spacial score (nSPS) is 13.0. The molecule has 0 aliphatic rings. The molecule has 5 N–H and O–H groups in total. The van der Waals surface area contributed by atoms with Gasteiger partial charge in [-0.3, -0.25) is 4.79 Å². The van der Waals surface area contributed by atoms with Crippen LogP contribution in [0.5, 0.6) is 0 Å². The highest BCUT2D eigenvalue weighted by Crippen LogP contribution is 2.25. The first-order valence-electron chi connectivity index (χ1n) is 6.14. The van der Waals surface area contributed by atoms with Crippen LogP contribution in [-0.4, -0.2) is 20.4 Å². The Balaban J connectivity index is 2.89. The third-order valence-electron chi connectivity index (χ3n) is 2.73. The molecule has 0 saturated carbocycles. The number of halogens is 1. The smallest absolute Gasteiger partial charge is 0.241 e.